The summed E-state index contributed by atoms with van der Waals surface area (Å²) in [5.41, 5.74) is 0.593. The molecule has 0 aromatic carbocycles. The standard InChI is InChI=1S/C14H26N2/c1-2-5-13(6-3-1)11-16-10-8-14(16)7-4-9-15-12-14/h13,15H,1-12H2. The maximum Gasteiger partial charge on any atom is 0.0346 e. The van der Waals surface area contributed by atoms with Gasteiger partial charge in [-0.05, 0) is 44.6 Å². The molecule has 2 saturated heterocycles. The number of likely N-dealkylation sites (tertiary alicyclic amines) is 1. The molecule has 1 saturated carbocycles. The van der Waals surface area contributed by atoms with Crippen molar-refractivity contribution in [1.82, 2.24) is 10.2 Å². The van der Waals surface area contributed by atoms with E-state index in [4.69, 9.17) is 0 Å². The van der Waals surface area contributed by atoms with E-state index in [-0.39, 0.29) is 0 Å². The van der Waals surface area contributed by atoms with Gasteiger partial charge in [-0.1, -0.05) is 19.3 Å². The first kappa shape index (κ1) is 11.0. The third-order valence-electron chi connectivity index (χ3n) is 5.17. The molecule has 0 aromatic rings. The highest BCUT2D eigenvalue weighted by molar-refractivity contribution is 5.03. The van der Waals surface area contributed by atoms with Gasteiger partial charge >= 0.3 is 0 Å². The van der Waals surface area contributed by atoms with E-state index in [9.17, 15) is 0 Å². The first-order valence-electron chi connectivity index (χ1n) is 7.35. The van der Waals surface area contributed by atoms with Crippen molar-refractivity contribution in [2.75, 3.05) is 26.2 Å². The molecule has 3 aliphatic rings. The Morgan fingerprint density at radius 1 is 1.06 bits per heavy atom. The minimum absolute atomic E-state index is 0.593. The lowest BCUT2D eigenvalue weighted by Crippen LogP contribution is -2.67. The van der Waals surface area contributed by atoms with E-state index in [1.165, 1.54) is 77.5 Å². The Hall–Kier alpha value is -0.0800. The first-order valence-corrected chi connectivity index (χ1v) is 7.35. The molecule has 2 heteroatoms. The van der Waals surface area contributed by atoms with Crippen LogP contribution in [0.5, 0.6) is 0 Å². The molecule has 0 bridgehead atoms. The number of nitrogens with one attached hydrogen (secondary N) is 1. The van der Waals surface area contributed by atoms with E-state index in [1.54, 1.807) is 0 Å². The lowest BCUT2D eigenvalue weighted by atomic mass is 9.76. The van der Waals surface area contributed by atoms with Crippen molar-refractivity contribution in [3.8, 4) is 0 Å². The molecular weight excluding hydrogens is 196 g/mol. The number of nitrogens with zero attached hydrogens (tertiary/aromatic N) is 1. The van der Waals surface area contributed by atoms with Gasteiger partial charge in [0.1, 0.15) is 0 Å². The fourth-order valence-corrected chi connectivity index (χ4v) is 3.99. The van der Waals surface area contributed by atoms with Crippen LogP contribution in [0, 0.1) is 5.92 Å². The van der Waals surface area contributed by atoms with Gasteiger partial charge in [-0.2, -0.15) is 0 Å². The highest BCUT2D eigenvalue weighted by Gasteiger charge is 2.45. The Bertz CT molecular complexity index is 227. The van der Waals surface area contributed by atoms with E-state index in [2.05, 4.69) is 10.2 Å². The van der Waals surface area contributed by atoms with Gasteiger partial charge in [-0.25, -0.2) is 0 Å². The molecule has 1 spiro atoms. The highest BCUT2D eigenvalue weighted by Crippen LogP contribution is 2.38. The molecule has 92 valence electrons. The average Bonchev–Trinajstić information content (AvgIpc) is 2.37. The maximum absolute atomic E-state index is 3.60. The molecule has 16 heavy (non-hydrogen) atoms. The van der Waals surface area contributed by atoms with Gasteiger partial charge in [0.15, 0.2) is 0 Å². The second-order valence-electron chi connectivity index (χ2n) is 6.20. The fourth-order valence-electron chi connectivity index (χ4n) is 3.99. The predicted octanol–water partition coefficient (Wildman–Crippen LogP) is 2.39. The lowest BCUT2D eigenvalue weighted by molar-refractivity contribution is -0.0451. The predicted molar refractivity (Wildman–Crippen MR) is 67.6 cm³/mol. The second-order valence-corrected chi connectivity index (χ2v) is 6.20. The van der Waals surface area contributed by atoms with Gasteiger partial charge < -0.3 is 5.32 Å². The van der Waals surface area contributed by atoms with Gasteiger partial charge in [-0.3, -0.25) is 4.90 Å². The molecule has 1 unspecified atom stereocenters. The van der Waals surface area contributed by atoms with Crippen LogP contribution >= 0.6 is 0 Å². The van der Waals surface area contributed by atoms with E-state index in [0.29, 0.717) is 5.54 Å². The molecular formula is C14H26N2. The normalized spacial score (nSPS) is 37.5. The van der Waals surface area contributed by atoms with E-state index in [1.807, 2.05) is 0 Å². The van der Waals surface area contributed by atoms with Crippen LogP contribution in [0.25, 0.3) is 0 Å². The largest absolute Gasteiger partial charge is 0.315 e. The van der Waals surface area contributed by atoms with Gasteiger partial charge in [0.2, 0.25) is 0 Å². The molecule has 0 aromatic heterocycles. The molecule has 1 N–H and O–H groups in total. The van der Waals surface area contributed by atoms with Crippen LogP contribution < -0.4 is 5.32 Å². The summed E-state index contributed by atoms with van der Waals surface area (Å²) >= 11 is 0. The SMILES string of the molecule is C1CCC(CN2CCC23CCCNC3)CC1. The van der Waals surface area contributed by atoms with Gasteiger partial charge in [0.25, 0.3) is 0 Å². The summed E-state index contributed by atoms with van der Waals surface area (Å²) in [6, 6.07) is 0. The quantitative estimate of drug-likeness (QED) is 0.772. The molecule has 2 nitrogen and oxygen atoms in total. The summed E-state index contributed by atoms with van der Waals surface area (Å²) < 4.78 is 0. The minimum Gasteiger partial charge on any atom is -0.315 e. The highest BCUT2D eigenvalue weighted by atomic mass is 15.3. The van der Waals surface area contributed by atoms with Crippen molar-refractivity contribution in [2.24, 2.45) is 5.92 Å². The number of rotatable bonds is 2. The zero-order chi connectivity index (χ0) is 10.8. The van der Waals surface area contributed by atoms with Crippen LogP contribution in [0.2, 0.25) is 0 Å². The molecule has 1 atom stereocenters. The van der Waals surface area contributed by atoms with Crippen molar-refractivity contribution in [3.05, 3.63) is 0 Å². The monoisotopic (exact) mass is 222 g/mol. The molecule has 2 aliphatic heterocycles. The number of hydrogen-bond donors (Lipinski definition) is 1. The van der Waals surface area contributed by atoms with Crippen LogP contribution in [-0.4, -0.2) is 36.6 Å². The Balaban J connectivity index is 1.54. The Kier molecular flexibility index (Phi) is 3.21. The van der Waals surface area contributed by atoms with Crippen LogP contribution in [0.3, 0.4) is 0 Å². The van der Waals surface area contributed by atoms with Gasteiger partial charge in [0.05, 0.1) is 0 Å². The summed E-state index contributed by atoms with van der Waals surface area (Å²) in [4.78, 5) is 2.81. The summed E-state index contributed by atoms with van der Waals surface area (Å²) in [6.07, 6.45) is 11.8. The van der Waals surface area contributed by atoms with Crippen molar-refractivity contribution in [1.29, 1.82) is 0 Å². The fraction of sp³-hybridized carbons (Fsp3) is 1.00. The van der Waals surface area contributed by atoms with Crippen molar-refractivity contribution in [2.45, 2.75) is 56.9 Å². The van der Waals surface area contributed by atoms with Gasteiger partial charge in [0, 0.05) is 25.2 Å². The first-order chi connectivity index (χ1) is 7.89. The molecule has 2 heterocycles. The third-order valence-corrected chi connectivity index (χ3v) is 5.17. The van der Waals surface area contributed by atoms with Crippen LogP contribution in [-0.2, 0) is 0 Å². The Labute approximate surface area is 99.8 Å². The van der Waals surface area contributed by atoms with Crippen molar-refractivity contribution in [3.63, 3.8) is 0 Å². The minimum atomic E-state index is 0.593. The molecule has 1 aliphatic carbocycles. The lowest BCUT2D eigenvalue weighted by Gasteiger charge is -2.56. The number of hydrogen-bond acceptors (Lipinski definition) is 2. The molecule has 3 rings (SSSR count). The zero-order valence-corrected chi connectivity index (χ0v) is 10.5. The maximum atomic E-state index is 3.60. The van der Waals surface area contributed by atoms with E-state index >= 15 is 0 Å². The summed E-state index contributed by atoms with van der Waals surface area (Å²) in [7, 11) is 0. The second kappa shape index (κ2) is 4.66. The van der Waals surface area contributed by atoms with Crippen LogP contribution in [0.4, 0.5) is 0 Å². The smallest absolute Gasteiger partial charge is 0.0346 e. The van der Waals surface area contributed by atoms with Crippen molar-refractivity contribution >= 4 is 0 Å². The molecule has 0 radical (unpaired) electrons. The van der Waals surface area contributed by atoms with E-state index < -0.39 is 0 Å². The van der Waals surface area contributed by atoms with E-state index in [0.717, 1.165) is 5.92 Å². The summed E-state index contributed by atoms with van der Waals surface area (Å²) in [5.74, 6) is 1.02. The Morgan fingerprint density at radius 2 is 1.94 bits per heavy atom. The summed E-state index contributed by atoms with van der Waals surface area (Å²) in [5, 5.41) is 3.60. The average molecular weight is 222 g/mol. The third kappa shape index (κ3) is 2.02. The van der Waals surface area contributed by atoms with Crippen LogP contribution in [0.15, 0.2) is 0 Å². The van der Waals surface area contributed by atoms with Gasteiger partial charge in [-0.15, -0.1) is 0 Å². The topological polar surface area (TPSA) is 15.3 Å². The van der Waals surface area contributed by atoms with Crippen molar-refractivity contribution < 1.29 is 0 Å². The van der Waals surface area contributed by atoms with Crippen LogP contribution in [0.1, 0.15) is 51.4 Å². The number of piperidine rings is 1. The summed E-state index contributed by atoms with van der Waals surface area (Å²) in [6.45, 7) is 5.29. The molecule has 3 fully saturated rings. The zero-order valence-electron chi connectivity index (χ0n) is 10.5. The Morgan fingerprint density at radius 3 is 2.56 bits per heavy atom. The molecule has 0 amide bonds.